The Balaban J connectivity index is 2.05. The number of nitrogens with one attached hydrogen (secondary N) is 1. The minimum Gasteiger partial charge on any atom is -0.321 e. The number of hydrogen-bond acceptors (Lipinski definition) is 3. The van der Waals surface area contributed by atoms with E-state index in [1.807, 2.05) is 12.1 Å². The monoisotopic (exact) mass is 327 g/mol. The summed E-state index contributed by atoms with van der Waals surface area (Å²) >= 11 is 3.31. The summed E-state index contributed by atoms with van der Waals surface area (Å²) in [6, 6.07) is 10.7. The van der Waals surface area contributed by atoms with Crippen molar-refractivity contribution in [3.63, 3.8) is 0 Å². The summed E-state index contributed by atoms with van der Waals surface area (Å²) in [5.41, 5.74) is 1.99. The number of anilines is 1. The van der Waals surface area contributed by atoms with E-state index in [0.29, 0.717) is 15.7 Å². The molecular formula is C15H10BrN3O. The Morgan fingerprint density at radius 3 is 2.90 bits per heavy atom. The smallest absolute Gasteiger partial charge is 0.248 e. The second-order valence-electron chi connectivity index (χ2n) is 3.92. The van der Waals surface area contributed by atoms with Crippen molar-refractivity contribution in [3.05, 3.63) is 64.4 Å². The van der Waals surface area contributed by atoms with Crippen LogP contribution in [0, 0.1) is 11.3 Å². The van der Waals surface area contributed by atoms with Crippen LogP contribution in [0.15, 0.2) is 53.3 Å². The number of carbonyl (C=O) groups excluding carboxylic acids is 1. The highest BCUT2D eigenvalue weighted by molar-refractivity contribution is 9.10. The molecule has 0 saturated carbocycles. The van der Waals surface area contributed by atoms with E-state index in [-0.39, 0.29) is 5.91 Å². The van der Waals surface area contributed by atoms with Gasteiger partial charge in [0, 0.05) is 22.9 Å². The number of amides is 1. The minimum absolute atomic E-state index is 0.251. The maximum Gasteiger partial charge on any atom is 0.248 e. The molecule has 2 aromatic rings. The van der Waals surface area contributed by atoms with Crippen LogP contribution in [0.3, 0.4) is 0 Å². The summed E-state index contributed by atoms with van der Waals surface area (Å²) in [4.78, 5) is 15.7. The molecule has 1 aromatic heterocycles. The summed E-state index contributed by atoms with van der Waals surface area (Å²) < 4.78 is 0.666. The van der Waals surface area contributed by atoms with Crippen LogP contribution in [0.4, 0.5) is 5.69 Å². The number of halogens is 1. The van der Waals surface area contributed by atoms with Gasteiger partial charge in [-0.3, -0.25) is 9.78 Å². The molecule has 0 atom stereocenters. The van der Waals surface area contributed by atoms with Crippen LogP contribution >= 0.6 is 15.9 Å². The zero-order valence-corrected chi connectivity index (χ0v) is 12.0. The van der Waals surface area contributed by atoms with Crippen molar-refractivity contribution in [2.75, 3.05) is 5.32 Å². The van der Waals surface area contributed by atoms with E-state index >= 15 is 0 Å². The molecule has 0 spiro atoms. The van der Waals surface area contributed by atoms with Crippen LogP contribution in [0.2, 0.25) is 0 Å². The molecule has 1 N–H and O–H groups in total. The first-order valence-corrected chi connectivity index (χ1v) is 6.57. The number of nitrogens with zero attached hydrogens (tertiary/aromatic N) is 2. The lowest BCUT2D eigenvalue weighted by Crippen LogP contribution is -2.08. The van der Waals surface area contributed by atoms with Crippen LogP contribution in [0.5, 0.6) is 0 Å². The summed E-state index contributed by atoms with van der Waals surface area (Å²) in [7, 11) is 0. The standard InChI is InChI=1S/C15H10BrN3O/c16-13-8-12(9-17)3-5-14(13)19-15(20)6-4-11-2-1-7-18-10-11/h1-8,10H,(H,19,20)/b6-4-. The Bertz CT molecular complexity index is 690. The molecule has 1 aromatic carbocycles. The molecule has 0 saturated heterocycles. The predicted molar refractivity (Wildman–Crippen MR) is 80.8 cm³/mol. The van der Waals surface area contributed by atoms with Crippen LogP contribution in [-0.4, -0.2) is 10.9 Å². The van der Waals surface area contributed by atoms with Gasteiger partial charge < -0.3 is 5.32 Å². The molecule has 0 aliphatic heterocycles. The highest BCUT2D eigenvalue weighted by Gasteiger charge is 2.03. The Labute approximate surface area is 124 Å². The fourth-order valence-corrected chi connectivity index (χ4v) is 1.98. The van der Waals surface area contributed by atoms with E-state index < -0.39 is 0 Å². The molecule has 0 aliphatic rings. The first-order chi connectivity index (χ1) is 9.69. The van der Waals surface area contributed by atoms with Crippen molar-refractivity contribution in [1.29, 1.82) is 5.26 Å². The van der Waals surface area contributed by atoms with Crippen molar-refractivity contribution in [3.8, 4) is 6.07 Å². The SMILES string of the molecule is N#Cc1ccc(NC(=O)/C=C\c2cccnc2)c(Br)c1. The predicted octanol–water partition coefficient (Wildman–Crippen LogP) is 3.37. The molecule has 0 fully saturated rings. The summed E-state index contributed by atoms with van der Waals surface area (Å²) in [5, 5.41) is 11.5. The summed E-state index contributed by atoms with van der Waals surface area (Å²) in [6.45, 7) is 0. The maximum atomic E-state index is 11.8. The highest BCUT2D eigenvalue weighted by atomic mass is 79.9. The van der Waals surface area contributed by atoms with Gasteiger partial charge in [0.25, 0.3) is 0 Å². The average Bonchev–Trinajstić information content (AvgIpc) is 2.48. The molecular weight excluding hydrogens is 318 g/mol. The van der Waals surface area contributed by atoms with Crippen LogP contribution in [0.1, 0.15) is 11.1 Å². The second-order valence-corrected chi connectivity index (χ2v) is 4.77. The second kappa shape index (κ2) is 6.64. The Kier molecular flexibility index (Phi) is 4.64. The maximum absolute atomic E-state index is 11.8. The molecule has 4 nitrogen and oxygen atoms in total. The average molecular weight is 328 g/mol. The number of hydrogen-bond donors (Lipinski definition) is 1. The first-order valence-electron chi connectivity index (χ1n) is 5.78. The van der Waals surface area contributed by atoms with E-state index in [4.69, 9.17) is 5.26 Å². The van der Waals surface area contributed by atoms with Gasteiger partial charge in [0.15, 0.2) is 0 Å². The molecule has 20 heavy (non-hydrogen) atoms. The quantitative estimate of drug-likeness (QED) is 0.879. The van der Waals surface area contributed by atoms with Crippen LogP contribution in [0.25, 0.3) is 6.08 Å². The van der Waals surface area contributed by atoms with E-state index in [2.05, 4.69) is 26.2 Å². The van der Waals surface area contributed by atoms with E-state index in [9.17, 15) is 4.79 Å². The highest BCUT2D eigenvalue weighted by Crippen LogP contribution is 2.23. The van der Waals surface area contributed by atoms with Gasteiger partial charge in [-0.2, -0.15) is 5.26 Å². The summed E-state index contributed by atoms with van der Waals surface area (Å²) in [5.74, 6) is -0.251. The zero-order valence-electron chi connectivity index (χ0n) is 10.4. The number of pyridine rings is 1. The largest absolute Gasteiger partial charge is 0.321 e. The van der Waals surface area contributed by atoms with Gasteiger partial charge in [-0.1, -0.05) is 6.07 Å². The lowest BCUT2D eigenvalue weighted by atomic mass is 10.2. The van der Waals surface area contributed by atoms with E-state index in [0.717, 1.165) is 5.56 Å². The minimum atomic E-state index is -0.251. The van der Waals surface area contributed by atoms with Crippen molar-refractivity contribution in [2.45, 2.75) is 0 Å². The molecule has 5 heteroatoms. The normalized spacial score (nSPS) is 10.2. The van der Waals surface area contributed by atoms with Crippen molar-refractivity contribution in [1.82, 2.24) is 4.98 Å². The van der Waals surface area contributed by atoms with Gasteiger partial charge >= 0.3 is 0 Å². The van der Waals surface area contributed by atoms with Gasteiger partial charge in [0.2, 0.25) is 5.91 Å². The number of aromatic nitrogens is 1. The van der Waals surface area contributed by atoms with Gasteiger partial charge in [0.1, 0.15) is 0 Å². The molecule has 0 unspecified atom stereocenters. The third-order valence-electron chi connectivity index (χ3n) is 2.47. The molecule has 2 rings (SSSR count). The Morgan fingerprint density at radius 2 is 2.25 bits per heavy atom. The Hall–Kier alpha value is -2.45. The van der Waals surface area contributed by atoms with Crippen molar-refractivity contribution in [2.24, 2.45) is 0 Å². The van der Waals surface area contributed by atoms with E-state index in [1.165, 1.54) is 6.08 Å². The topological polar surface area (TPSA) is 65.8 Å². The molecule has 0 aliphatic carbocycles. The number of nitriles is 1. The molecule has 98 valence electrons. The van der Waals surface area contributed by atoms with Crippen LogP contribution in [-0.2, 0) is 4.79 Å². The first kappa shape index (κ1) is 14.0. The summed E-state index contributed by atoms with van der Waals surface area (Å²) in [6.07, 6.45) is 6.45. The third-order valence-corrected chi connectivity index (χ3v) is 3.12. The lowest BCUT2D eigenvalue weighted by Gasteiger charge is -2.05. The molecule has 0 radical (unpaired) electrons. The van der Waals surface area contributed by atoms with Crippen molar-refractivity contribution >= 4 is 33.6 Å². The lowest BCUT2D eigenvalue weighted by molar-refractivity contribution is -0.111. The molecule has 0 bridgehead atoms. The van der Waals surface area contributed by atoms with Gasteiger partial charge in [-0.15, -0.1) is 0 Å². The number of rotatable bonds is 3. The fraction of sp³-hybridized carbons (Fsp3) is 0. The molecule has 1 amide bonds. The van der Waals surface area contributed by atoms with Gasteiger partial charge in [0.05, 0.1) is 17.3 Å². The zero-order chi connectivity index (χ0) is 14.4. The number of carbonyl (C=O) groups is 1. The fourth-order valence-electron chi connectivity index (χ4n) is 1.51. The molecule has 1 heterocycles. The van der Waals surface area contributed by atoms with E-state index in [1.54, 1.807) is 42.7 Å². The van der Waals surface area contributed by atoms with Crippen LogP contribution < -0.4 is 5.32 Å². The Morgan fingerprint density at radius 1 is 1.40 bits per heavy atom. The van der Waals surface area contributed by atoms with Crippen molar-refractivity contribution < 1.29 is 4.79 Å². The third kappa shape index (κ3) is 3.77. The van der Waals surface area contributed by atoms with Gasteiger partial charge in [-0.25, -0.2) is 0 Å². The van der Waals surface area contributed by atoms with Gasteiger partial charge in [-0.05, 0) is 51.8 Å². The number of benzene rings is 1.